The number of amides is 1. The average molecular weight is 393 g/mol. The van der Waals surface area contributed by atoms with E-state index < -0.39 is 0 Å². The summed E-state index contributed by atoms with van der Waals surface area (Å²) in [6.07, 6.45) is 4.86. The smallest absolute Gasteiger partial charge is 0.253 e. The number of carbonyl (C=O) groups excluding carboxylic acids is 1. The molecule has 1 atom stereocenters. The van der Waals surface area contributed by atoms with Crippen molar-refractivity contribution in [3.8, 4) is 5.13 Å². The van der Waals surface area contributed by atoms with Crippen molar-refractivity contribution in [1.82, 2.24) is 14.9 Å². The van der Waals surface area contributed by atoms with Gasteiger partial charge < -0.3 is 11.1 Å². The van der Waals surface area contributed by atoms with Crippen LogP contribution < -0.4 is 11.1 Å². The van der Waals surface area contributed by atoms with Crippen LogP contribution >= 0.6 is 36.2 Å². The second-order valence-electron chi connectivity index (χ2n) is 5.48. The summed E-state index contributed by atoms with van der Waals surface area (Å²) in [4.78, 5) is 16.9. The van der Waals surface area contributed by atoms with Crippen molar-refractivity contribution in [2.24, 2.45) is 5.73 Å². The SMILES string of the molecule is CCCCC(CN)NC(=O)c1cc(C)n(-c2nccs2)c1C.Cl.Cl. The molecule has 2 aromatic heterocycles. The summed E-state index contributed by atoms with van der Waals surface area (Å²) < 4.78 is 2.02. The zero-order valence-corrected chi connectivity index (χ0v) is 16.7. The Balaban J connectivity index is 0.00000264. The number of nitrogens with zero attached hydrogens (tertiary/aromatic N) is 2. The van der Waals surface area contributed by atoms with E-state index in [1.807, 2.05) is 29.9 Å². The quantitative estimate of drug-likeness (QED) is 0.754. The Kier molecular flexibility index (Phi) is 10.2. The van der Waals surface area contributed by atoms with Crippen LogP contribution in [0.2, 0.25) is 0 Å². The van der Waals surface area contributed by atoms with Gasteiger partial charge in [0.1, 0.15) is 0 Å². The Morgan fingerprint density at radius 3 is 2.67 bits per heavy atom. The maximum absolute atomic E-state index is 12.5. The summed E-state index contributed by atoms with van der Waals surface area (Å²) in [5.74, 6) is -0.0533. The van der Waals surface area contributed by atoms with Crippen LogP contribution in [-0.2, 0) is 0 Å². The maximum Gasteiger partial charge on any atom is 0.253 e. The lowest BCUT2D eigenvalue weighted by atomic mass is 10.1. The first-order chi connectivity index (χ1) is 10.6. The highest BCUT2D eigenvalue weighted by Gasteiger charge is 2.19. The lowest BCUT2D eigenvalue weighted by molar-refractivity contribution is 0.0935. The summed E-state index contributed by atoms with van der Waals surface area (Å²) in [5.41, 5.74) is 8.38. The first kappa shape index (κ1) is 22.9. The Bertz CT molecular complexity index is 628. The first-order valence-electron chi connectivity index (χ1n) is 7.68. The molecule has 8 heteroatoms. The number of nitrogens with one attached hydrogen (secondary N) is 1. The van der Waals surface area contributed by atoms with Crippen molar-refractivity contribution < 1.29 is 4.79 Å². The standard InChI is InChI=1S/C16H24N4OS.2ClH/c1-4-5-6-13(10-17)19-15(21)14-9-11(2)20(12(14)3)16-18-7-8-22-16;;/h7-9,13H,4-6,10,17H2,1-3H3,(H,19,21);2*1H. The van der Waals surface area contributed by atoms with Crippen molar-refractivity contribution in [3.05, 3.63) is 34.6 Å². The zero-order chi connectivity index (χ0) is 16.1. The fraction of sp³-hybridized carbons (Fsp3) is 0.500. The number of hydrogen-bond acceptors (Lipinski definition) is 4. The number of aromatic nitrogens is 2. The van der Waals surface area contributed by atoms with E-state index in [9.17, 15) is 4.79 Å². The predicted molar refractivity (Wildman–Crippen MR) is 105 cm³/mol. The highest BCUT2D eigenvalue weighted by atomic mass is 35.5. The Morgan fingerprint density at radius 1 is 1.42 bits per heavy atom. The average Bonchev–Trinajstić information content (AvgIpc) is 3.11. The van der Waals surface area contributed by atoms with Gasteiger partial charge in [-0.2, -0.15) is 0 Å². The van der Waals surface area contributed by atoms with Crippen LogP contribution in [0.4, 0.5) is 0 Å². The lowest BCUT2D eigenvalue weighted by Gasteiger charge is -2.16. The van der Waals surface area contributed by atoms with Gasteiger partial charge in [0, 0.05) is 35.6 Å². The highest BCUT2D eigenvalue weighted by molar-refractivity contribution is 7.12. The van der Waals surface area contributed by atoms with E-state index in [2.05, 4.69) is 17.2 Å². The number of carbonyl (C=O) groups is 1. The lowest BCUT2D eigenvalue weighted by Crippen LogP contribution is -2.40. The van der Waals surface area contributed by atoms with Gasteiger partial charge in [0.05, 0.1) is 5.56 Å². The molecule has 2 rings (SSSR count). The van der Waals surface area contributed by atoms with Crippen LogP contribution in [0.25, 0.3) is 5.13 Å². The molecule has 0 radical (unpaired) electrons. The normalized spacial score (nSPS) is 11.3. The third-order valence-corrected chi connectivity index (χ3v) is 4.57. The maximum atomic E-state index is 12.5. The Morgan fingerprint density at radius 2 is 2.12 bits per heavy atom. The van der Waals surface area contributed by atoms with E-state index >= 15 is 0 Å². The zero-order valence-electron chi connectivity index (χ0n) is 14.2. The minimum atomic E-state index is -0.0533. The van der Waals surface area contributed by atoms with Crippen molar-refractivity contribution in [2.45, 2.75) is 46.1 Å². The van der Waals surface area contributed by atoms with Crippen LogP contribution in [0.3, 0.4) is 0 Å². The molecule has 0 aliphatic rings. The molecule has 0 fully saturated rings. The van der Waals surface area contributed by atoms with Gasteiger partial charge in [-0.25, -0.2) is 4.98 Å². The van der Waals surface area contributed by atoms with Gasteiger partial charge in [-0.1, -0.05) is 19.8 Å². The third-order valence-electron chi connectivity index (χ3n) is 3.81. The topological polar surface area (TPSA) is 72.9 Å². The fourth-order valence-corrected chi connectivity index (χ4v) is 3.33. The molecule has 1 amide bonds. The molecular formula is C16H26Cl2N4OS. The number of unbranched alkanes of at least 4 members (excludes halogenated alkanes) is 1. The molecule has 24 heavy (non-hydrogen) atoms. The number of thiazole rings is 1. The molecule has 0 saturated heterocycles. The van der Waals surface area contributed by atoms with Crippen LogP contribution in [0.15, 0.2) is 17.6 Å². The predicted octanol–water partition coefficient (Wildman–Crippen LogP) is 3.64. The van der Waals surface area contributed by atoms with E-state index in [4.69, 9.17) is 5.73 Å². The van der Waals surface area contributed by atoms with E-state index in [-0.39, 0.29) is 36.8 Å². The summed E-state index contributed by atoms with van der Waals surface area (Å²) in [6.45, 7) is 6.55. The Hall–Kier alpha value is -1.08. The van der Waals surface area contributed by atoms with Gasteiger partial charge in [0.2, 0.25) is 0 Å². The van der Waals surface area contributed by atoms with E-state index in [0.717, 1.165) is 35.8 Å². The highest BCUT2D eigenvalue weighted by Crippen LogP contribution is 2.22. The molecule has 136 valence electrons. The minimum Gasteiger partial charge on any atom is -0.348 e. The summed E-state index contributed by atoms with van der Waals surface area (Å²) in [5, 5.41) is 5.87. The largest absolute Gasteiger partial charge is 0.348 e. The van der Waals surface area contributed by atoms with Crippen LogP contribution in [0.5, 0.6) is 0 Å². The molecule has 0 aromatic carbocycles. The van der Waals surface area contributed by atoms with Gasteiger partial charge in [0.15, 0.2) is 5.13 Å². The van der Waals surface area contributed by atoms with E-state index in [1.165, 1.54) is 0 Å². The van der Waals surface area contributed by atoms with Gasteiger partial charge >= 0.3 is 0 Å². The van der Waals surface area contributed by atoms with Crippen molar-refractivity contribution in [1.29, 1.82) is 0 Å². The number of rotatable bonds is 7. The van der Waals surface area contributed by atoms with Crippen LogP contribution in [0.1, 0.15) is 47.9 Å². The summed E-state index contributed by atoms with van der Waals surface area (Å²) >= 11 is 1.56. The first-order valence-corrected chi connectivity index (χ1v) is 8.56. The monoisotopic (exact) mass is 392 g/mol. The second-order valence-corrected chi connectivity index (χ2v) is 6.36. The molecular weight excluding hydrogens is 367 g/mol. The molecule has 2 aromatic rings. The molecule has 0 spiro atoms. The van der Waals surface area contributed by atoms with E-state index in [1.54, 1.807) is 17.5 Å². The van der Waals surface area contributed by atoms with Crippen LogP contribution in [0, 0.1) is 13.8 Å². The third kappa shape index (κ3) is 5.21. The van der Waals surface area contributed by atoms with Crippen molar-refractivity contribution >= 4 is 42.1 Å². The molecule has 2 heterocycles. The summed E-state index contributed by atoms with van der Waals surface area (Å²) in [6, 6.07) is 1.95. The van der Waals surface area contributed by atoms with E-state index in [0.29, 0.717) is 12.1 Å². The van der Waals surface area contributed by atoms with Gasteiger partial charge in [0.25, 0.3) is 5.91 Å². The molecule has 0 saturated carbocycles. The van der Waals surface area contributed by atoms with Crippen molar-refractivity contribution in [2.75, 3.05) is 6.54 Å². The van der Waals surface area contributed by atoms with Gasteiger partial charge in [-0.3, -0.25) is 9.36 Å². The minimum absolute atomic E-state index is 0. The fourth-order valence-electron chi connectivity index (χ4n) is 2.58. The van der Waals surface area contributed by atoms with Crippen LogP contribution in [-0.4, -0.2) is 28.0 Å². The molecule has 5 nitrogen and oxygen atoms in total. The van der Waals surface area contributed by atoms with Gasteiger partial charge in [-0.15, -0.1) is 36.2 Å². The molecule has 1 unspecified atom stereocenters. The molecule has 0 bridgehead atoms. The number of hydrogen-bond donors (Lipinski definition) is 2. The van der Waals surface area contributed by atoms with Gasteiger partial charge in [-0.05, 0) is 26.3 Å². The second kappa shape index (κ2) is 10.7. The van der Waals surface area contributed by atoms with Crippen molar-refractivity contribution in [3.63, 3.8) is 0 Å². The molecule has 0 aliphatic carbocycles. The molecule has 3 N–H and O–H groups in total. The number of aryl methyl sites for hydroxylation is 1. The summed E-state index contributed by atoms with van der Waals surface area (Å²) in [7, 11) is 0. The molecule has 0 aliphatic heterocycles. The number of nitrogens with two attached hydrogens (primary N) is 1. The number of halogens is 2. The Labute approximate surface area is 159 Å².